The zero-order chi connectivity index (χ0) is 12.2. The Labute approximate surface area is 99.4 Å². The molecule has 2 atom stereocenters. The molecule has 0 radical (unpaired) electrons. The molecule has 0 saturated carbocycles. The molecular weight excluding hydrogens is 202 g/mol. The lowest BCUT2D eigenvalue weighted by molar-refractivity contribution is 0.0550. The van der Waals surface area contributed by atoms with E-state index in [1.54, 1.807) is 0 Å². The number of likely N-dealkylation sites (N-methyl/N-ethyl adjacent to an activating group) is 1. The molecular formula is C12H27N3O. The highest BCUT2D eigenvalue weighted by atomic mass is 16.3. The Hall–Kier alpha value is -0.160. The van der Waals surface area contributed by atoms with Gasteiger partial charge in [0.2, 0.25) is 0 Å². The van der Waals surface area contributed by atoms with E-state index >= 15 is 0 Å². The third kappa shape index (κ3) is 4.37. The summed E-state index contributed by atoms with van der Waals surface area (Å²) in [6.07, 6.45) is 3.09. The lowest BCUT2D eigenvalue weighted by Crippen LogP contribution is -2.36. The van der Waals surface area contributed by atoms with E-state index in [1.165, 1.54) is 13.0 Å². The molecule has 0 amide bonds. The summed E-state index contributed by atoms with van der Waals surface area (Å²) in [5.74, 6) is 0. The van der Waals surface area contributed by atoms with Gasteiger partial charge in [-0.3, -0.25) is 0 Å². The van der Waals surface area contributed by atoms with E-state index in [0.29, 0.717) is 12.6 Å². The van der Waals surface area contributed by atoms with Crippen LogP contribution in [0.5, 0.6) is 0 Å². The van der Waals surface area contributed by atoms with Crippen LogP contribution in [0.3, 0.4) is 0 Å². The van der Waals surface area contributed by atoms with E-state index in [-0.39, 0.29) is 0 Å². The van der Waals surface area contributed by atoms with Gasteiger partial charge in [0.05, 0.1) is 5.60 Å². The lowest BCUT2D eigenvalue weighted by atomic mass is 10.0. The van der Waals surface area contributed by atoms with Gasteiger partial charge in [-0.2, -0.15) is 0 Å². The third-order valence-corrected chi connectivity index (χ3v) is 3.61. The Bertz CT molecular complexity index is 206. The summed E-state index contributed by atoms with van der Waals surface area (Å²) < 4.78 is 0. The average molecular weight is 229 g/mol. The molecule has 1 heterocycles. The molecule has 2 unspecified atom stereocenters. The van der Waals surface area contributed by atoms with Crippen molar-refractivity contribution < 1.29 is 5.11 Å². The van der Waals surface area contributed by atoms with Crippen LogP contribution >= 0.6 is 0 Å². The minimum absolute atomic E-state index is 0.354. The topological polar surface area (TPSA) is 52.7 Å². The van der Waals surface area contributed by atoms with E-state index in [2.05, 4.69) is 23.9 Å². The lowest BCUT2D eigenvalue weighted by Gasteiger charge is -2.23. The second-order valence-corrected chi connectivity index (χ2v) is 5.51. The highest BCUT2D eigenvalue weighted by Crippen LogP contribution is 2.16. The Morgan fingerprint density at radius 3 is 2.69 bits per heavy atom. The first-order valence-corrected chi connectivity index (χ1v) is 6.26. The van der Waals surface area contributed by atoms with Crippen molar-refractivity contribution in [1.29, 1.82) is 0 Å². The fourth-order valence-corrected chi connectivity index (χ4v) is 2.22. The number of nitrogens with zero attached hydrogens (tertiary/aromatic N) is 2. The molecule has 1 rings (SSSR count). The van der Waals surface area contributed by atoms with Crippen LogP contribution in [-0.2, 0) is 0 Å². The zero-order valence-corrected chi connectivity index (χ0v) is 10.9. The molecule has 16 heavy (non-hydrogen) atoms. The first-order chi connectivity index (χ1) is 7.44. The molecule has 96 valence electrons. The molecule has 1 fully saturated rings. The average Bonchev–Trinajstić information content (AvgIpc) is 2.66. The van der Waals surface area contributed by atoms with Gasteiger partial charge >= 0.3 is 0 Å². The number of likely N-dealkylation sites (tertiary alicyclic amines) is 1. The standard InChI is InChI=1S/C12H27N3O/c1-12(16,10-13)6-4-7-15-8-5-11(9-15)14(2)3/h11,16H,4-10,13H2,1-3H3. The van der Waals surface area contributed by atoms with Gasteiger partial charge in [0, 0.05) is 19.1 Å². The molecule has 1 aliphatic rings. The Kier molecular flexibility index (Phi) is 5.18. The minimum Gasteiger partial charge on any atom is -0.389 e. The Morgan fingerprint density at radius 1 is 1.50 bits per heavy atom. The molecule has 4 heteroatoms. The minimum atomic E-state index is -0.680. The van der Waals surface area contributed by atoms with Crippen molar-refractivity contribution in [2.45, 2.75) is 37.8 Å². The number of nitrogens with two attached hydrogens (primary N) is 1. The Morgan fingerprint density at radius 2 is 2.19 bits per heavy atom. The summed E-state index contributed by atoms with van der Waals surface area (Å²) in [4.78, 5) is 4.79. The summed E-state index contributed by atoms with van der Waals surface area (Å²) in [5, 5.41) is 9.79. The third-order valence-electron chi connectivity index (χ3n) is 3.61. The summed E-state index contributed by atoms with van der Waals surface area (Å²) in [6.45, 7) is 5.61. The summed E-state index contributed by atoms with van der Waals surface area (Å²) >= 11 is 0. The maximum absolute atomic E-state index is 9.79. The van der Waals surface area contributed by atoms with Crippen LogP contribution in [0.2, 0.25) is 0 Å². The first-order valence-electron chi connectivity index (χ1n) is 6.26. The maximum Gasteiger partial charge on any atom is 0.0741 e. The molecule has 0 bridgehead atoms. The fourth-order valence-electron chi connectivity index (χ4n) is 2.22. The van der Waals surface area contributed by atoms with E-state index in [1.807, 2.05) is 6.92 Å². The van der Waals surface area contributed by atoms with Crippen LogP contribution in [0.4, 0.5) is 0 Å². The van der Waals surface area contributed by atoms with Crippen LogP contribution in [0.25, 0.3) is 0 Å². The molecule has 0 spiro atoms. The quantitative estimate of drug-likeness (QED) is 0.679. The molecule has 0 aromatic heterocycles. The van der Waals surface area contributed by atoms with Gasteiger partial charge in [-0.25, -0.2) is 0 Å². The molecule has 0 aromatic rings. The number of hydrogen-bond acceptors (Lipinski definition) is 4. The van der Waals surface area contributed by atoms with Crippen LogP contribution in [0.15, 0.2) is 0 Å². The summed E-state index contributed by atoms with van der Waals surface area (Å²) in [7, 11) is 4.29. The van der Waals surface area contributed by atoms with Gasteiger partial charge in [-0.1, -0.05) is 0 Å². The smallest absolute Gasteiger partial charge is 0.0741 e. The normalized spacial score (nSPS) is 26.2. The van der Waals surface area contributed by atoms with Gasteiger partial charge in [0.1, 0.15) is 0 Å². The van der Waals surface area contributed by atoms with Gasteiger partial charge in [0.15, 0.2) is 0 Å². The molecule has 3 N–H and O–H groups in total. The largest absolute Gasteiger partial charge is 0.389 e. The van der Waals surface area contributed by atoms with Gasteiger partial charge in [-0.15, -0.1) is 0 Å². The van der Waals surface area contributed by atoms with Gasteiger partial charge in [0.25, 0.3) is 0 Å². The molecule has 0 aliphatic carbocycles. The van der Waals surface area contributed by atoms with Crippen molar-refractivity contribution >= 4 is 0 Å². The fraction of sp³-hybridized carbons (Fsp3) is 1.00. The SMILES string of the molecule is CN(C)C1CCN(CCCC(C)(O)CN)C1. The van der Waals surface area contributed by atoms with Crippen molar-refractivity contribution in [2.75, 3.05) is 40.3 Å². The summed E-state index contributed by atoms with van der Waals surface area (Å²) in [5.41, 5.74) is 4.81. The summed E-state index contributed by atoms with van der Waals surface area (Å²) in [6, 6.07) is 0.704. The van der Waals surface area contributed by atoms with E-state index in [4.69, 9.17) is 5.73 Å². The van der Waals surface area contributed by atoms with Gasteiger partial charge in [-0.05, 0) is 53.4 Å². The van der Waals surface area contributed by atoms with Crippen LogP contribution < -0.4 is 5.73 Å². The molecule has 1 aliphatic heterocycles. The predicted octanol–water partition coefficient (Wildman–Crippen LogP) is 0.112. The zero-order valence-electron chi connectivity index (χ0n) is 10.9. The maximum atomic E-state index is 9.79. The van der Waals surface area contributed by atoms with Crippen molar-refractivity contribution in [3.63, 3.8) is 0 Å². The predicted molar refractivity (Wildman–Crippen MR) is 67.4 cm³/mol. The number of aliphatic hydroxyl groups is 1. The van der Waals surface area contributed by atoms with E-state index in [9.17, 15) is 5.11 Å². The first kappa shape index (κ1) is 13.9. The number of rotatable bonds is 6. The van der Waals surface area contributed by atoms with E-state index < -0.39 is 5.60 Å². The molecule has 0 aromatic carbocycles. The van der Waals surface area contributed by atoms with Crippen LogP contribution in [0, 0.1) is 0 Å². The Balaban J connectivity index is 2.16. The monoisotopic (exact) mass is 229 g/mol. The highest BCUT2D eigenvalue weighted by molar-refractivity contribution is 4.81. The van der Waals surface area contributed by atoms with Crippen LogP contribution in [0.1, 0.15) is 26.2 Å². The second kappa shape index (κ2) is 5.96. The van der Waals surface area contributed by atoms with Crippen molar-refractivity contribution in [2.24, 2.45) is 5.73 Å². The van der Waals surface area contributed by atoms with E-state index in [0.717, 1.165) is 25.9 Å². The molecule has 4 nitrogen and oxygen atoms in total. The van der Waals surface area contributed by atoms with Crippen molar-refractivity contribution in [3.8, 4) is 0 Å². The molecule has 1 saturated heterocycles. The van der Waals surface area contributed by atoms with Gasteiger partial charge < -0.3 is 20.6 Å². The van der Waals surface area contributed by atoms with Crippen molar-refractivity contribution in [1.82, 2.24) is 9.80 Å². The second-order valence-electron chi connectivity index (χ2n) is 5.51. The highest BCUT2D eigenvalue weighted by Gasteiger charge is 2.24. The van der Waals surface area contributed by atoms with Crippen LogP contribution in [-0.4, -0.2) is 66.8 Å². The number of hydrogen-bond donors (Lipinski definition) is 2. The van der Waals surface area contributed by atoms with Crippen molar-refractivity contribution in [3.05, 3.63) is 0 Å².